The fourth-order valence-corrected chi connectivity index (χ4v) is 2.15. The van der Waals surface area contributed by atoms with Gasteiger partial charge in [0.1, 0.15) is 11.8 Å². The Morgan fingerprint density at radius 2 is 2.44 bits per heavy atom. The van der Waals surface area contributed by atoms with E-state index in [1.807, 2.05) is 13.8 Å². The van der Waals surface area contributed by atoms with E-state index in [9.17, 15) is 4.79 Å². The van der Waals surface area contributed by atoms with Gasteiger partial charge in [-0.15, -0.1) is 0 Å². The van der Waals surface area contributed by atoms with Crippen LogP contribution < -0.4 is 5.32 Å². The summed E-state index contributed by atoms with van der Waals surface area (Å²) in [6.07, 6.45) is 1.55. The van der Waals surface area contributed by atoms with Crippen LogP contribution in [0.1, 0.15) is 19.5 Å². The molecule has 0 aliphatic rings. The molecule has 0 aromatic carbocycles. The number of aryl methyl sites for hydroxylation is 1. The first-order valence-electron chi connectivity index (χ1n) is 5.01. The molecule has 16 heavy (non-hydrogen) atoms. The Kier molecular flexibility index (Phi) is 4.37. The number of hydrogen-bond acceptors (Lipinski definition) is 5. The predicted octanol–water partition coefficient (Wildman–Crippen LogP) is 1.53. The number of hydrogen-bond donors (Lipinski definition) is 2. The van der Waals surface area contributed by atoms with Crippen LogP contribution in [0.3, 0.4) is 0 Å². The summed E-state index contributed by atoms with van der Waals surface area (Å²) in [6, 6.07) is 0. The van der Waals surface area contributed by atoms with E-state index in [0.29, 0.717) is 17.5 Å². The van der Waals surface area contributed by atoms with Gasteiger partial charge < -0.3 is 14.8 Å². The van der Waals surface area contributed by atoms with Crippen molar-refractivity contribution in [3.63, 3.8) is 0 Å². The molecule has 1 atom stereocenters. The van der Waals surface area contributed by atoms with Crippen LogP contribution in [0.4, 0.5) is 0 Å². The first kappa shape index (κ1) is 13.1. The van der Waals surface area contributed by atoms with Gasteiger partial charge in [0.2, 0.25) is 0 Å². The molecule has 1 aromatic rings. The Morgan fingerprint density at radius 1 is 1.75 bits per heavy atom. The molecule has 1 aromatic heterocycles. The third-order valence-electron chi connectivity index (χ3n) is 2.12. The van der Waals surface area contributed by atoms with Gasteiger partial charge in [-0.3, -0.25) is 4.79 Å². The van der Waals surface area contributed by atoms with Gasteiger partial charge in [0, 0.05) is 5.75 Å². The van der Waals surface area contributed by atoms with E-state index in [-0.39, 0.29) is 0 Å². The van der Waals surface area contributed by atoms with E-state index in [1.54, 1.807) is 13.2 Å². The second-order valence-corrected chi connectivity index (χ2v) is 4.64. The quantitative estimate of drug-likeness (QED) is 0.739. The van der Waals surface area contributed by atoms with E-state index in [1.165, 1.54) is 11.8 Å². The molecule has 0 bridgehead atoms. The molecule has 0 radical (unpaired) electrons. The SMILES string of the molecule is CCNC(C)(CSc1nc(C)co1)C(=O)O. The van der Waals surface area contributed by atoms with Gasteiger partial charge in [-0.1, -0.05) is 18.7 Å². The summed E-state index contributed by atoms with van der Waals surface area (Å²) in [6.45, 7) is 5.96. The summed E-state index contributed by atoms with van der Waals surface area (Å²) in [5.74, 6) is -0.499. The van der Waals surface area contributed by atoms with Crippen LogP contribution in [0, 0.1) is 6.92 Å². The lowest BCUT2D eigenvalue weighted by Gasteiger charge is -2.24. The number of carboxylic acids is 1. The van der Waals surface area contributed by atoms with Gasteiger partial charge >= 0.3 is 5.97 Å². The number of aromatic nitrogens is 1. The molecule has 0 fully saturated rings. The molecule has 1 unspecified atom stereocenters. The van der Waals surface area contributed by atoms with Crippen LogP contribution in [0.5, 0.6) is 0 Å². The standard InChI is InChI=1S/C10H16N2O3S/c1-4-11-10(3,8(13)14)6-16-9-12-7(2)5-15-9/h5,11H,4,6H2,1-3H3,(H,13,14). The maximum absolute atomic E-state index is 11.1. The van der Waals surface area contributed by atoms with Crippen LogP contribution in [0.2, 0.25) is 0 Å². The van der Waals surface area contributed by atoms with Gasteiger partial charge in [0.15, 0.2) is 0 Å². The lowest BCUT2D eigenvalue weighted by atomic mass is 10.1. The minimum Gasteiger partial charge on any atom is -0.480 e. The molecule has 0 saturated carbocycles. The van der Waals surface area contributed by atoms with Crippen LogP contribution >= 0.6 is 11.8 Å². The number of rotatable bonds is 6. The second kappa shape index (κ2) is 5.36. The number of nitrogens with zero attached hydrogens (tertiary/aromatic N) is 1. The molecule has 0 aliphatic heterocycles. The van der Waals surface area contributed by atoms with E-state index >= 15 is 0 Å². The van der Waals surface area contributed by atoms with Crippen LogP contribution in [0.15, 0.2) is 15.9 Å². The lowest BCUT2D eigenvalue weighted by molar-refractivity contribution is -0.143. The third-order valence-corrected chi connectivity index (χ3v) is 3.28. The van der Waals surface area contributed by atoms with Crippen LogP contribution in [-0.4, -0.2) is 33.9 Å². The topological polar surface area (TPSA) is 75.4 Å². The molecule has 0 saturated heterocycles. The number of nitrogens with one attached hydrogen (secondary N) is 1. The zero-order chi connectivity index (χ0) is 12.2. The molecule has 90 valence electrons. The van der Waals surface area contributed by atoms with E-state index in [0.717, 1.165) is 5.69 Å². The van der Waals surface area contributed by atoms with Crippen molar-refractivity contribution in [3.8, 4) is 0 Å². The van der Waals surface area contributed by atoms with Gasteiger partial charge in [-0.05, 0) is 20.4 Å². The maximum Gasteiger partial charge on any atom is 0.324 e. The highest BCUT2D eigenvalue weighted by molar-refractivity contribution is 7.99. The van der Waals surface area contributed by atoms with Crippen molar-refractivity contribution < 1.29 is 14.3 Å². The Morgan fingerprint density at radius 3 is 2.88 bits per heavy atom. The van der Waals surface area contributed by atoms with Crippen molar-refractivity contribution in [1.29, 1.82) is 0 Å². The minimum atomic E-state index is -0.957. The minimum absolute atomic E-state index is 0.371. The van der Waals surface area contributed by atoms with Crippen molar-refractivity contribution >= 4 is 17.7 Å². The maximum atomic E-state index is 11.1. The summed E-state index contributed by atoms with van der Waals surface area (Å²) in [5, 5.41) is 12.6. The summed E-state index contributed by atoms with van der Waals surface area (Å²) in [4.78, 5) is 15.2. The van der Waals surface area contributed by atoms with Crippen molar-refractivity contribution in [2.24, 2.45) is 0 Å². The Labute approximate surface area is 98.6 Å². The van der Waals surface area contributed by atoms with Gasteiger partial charge in [-0.2, -0.15) is 0 Å². The summed E-state index contributed by atoms with van der Waals surface area (Å²) in [7, 11) is 0. The zero-order valence-corrected chi connectivity index (χ0v) is 10.4. The number of carbonyl (C=O) groups is 1. The molecular formula is C10H16N2O3S. The Bertz CT molecular complexity index is 367. The summed E-state index contributed by atoms with van der Waals surface area (Å²) >= 11 is 1.30. The average molecular weight is 244 g/mol. The smallest absolute Gasteiger partial charge is 0.324 e. The number of oxazole rings is 1. The average Bonchev–Trinajstić information content (AvgIpc) is 2.61. The fraction of sp³-hybridized carbons (Fsp3) is 0.600. The molecular weight excluding hydrogens is 228 g/mol. The second-order valence-electron chi connectivity index (χ2n) is 3.71. The highest BCUT2D eigenvalue weighted by atomic mass is 32.2. The number of carboxylic acid groups (broad SMARTS) is 1. The van der Waals surface area contributed by atoms with Gasteiger partial charge in [0.05, 0.1) is 5.69 Å². The molecule has 0 spiro atoms. The Hall–Kier alpha value is -1.01. The van der Waals surface area contributed by atoms with E-state index in [4.69, 9.17) is 9.52 Å². The largest absolute Gasteiger partial charge is 0.480 e. The first-order valence-corrected chi connectivity index (χ1v) is 6.00. The normalized spacial score (nSPS) is 14.7. The molecule has 6 heteroatoms. The van der Waals surface area contributed by atoms with Crippen molar-refractivity contribution in [1.82, 2.24) is 10.3 Å². The summed E-state index contributed by atoms with van der Waals surface area (Å²) in [5.41, 5.74) is -0.162. The highest BCUT2D eigenvalue weighted by Gasteiger charge is 2.32. The molecule has 0 amide bonds. The van der Waals surface area contributed by atoms with E-state index in [2.05, 4.69) is 10.3 Å². The third kappa shape index (κ3) is 3.24. The van der Waals surface area contributed by atoms with Crippen LogP contribution in [0.25, 0.3) is 0 Å². The highest BCUT2D eigenvalue weighted by Crippen LogP contribution is 2.22. The number of likely N-dealkylation sites (N-methyl/N-ethyl adjacent to an activating group) is 1. The summed E-state index contributed by atoms with van der Waals surface area (Å²) < 4.78 is 5.15. The van der Waals surface area contributed by atoms with Crippen molar-refractivity contribution in [3.05, 3.63) is 12.0 Å². The van der Waals surface area contributed by atoms with Gasteiger partial charge in [-0.25, -0.2) is 4.98 Å². The van der Waals surface area contributed by atoms with Gasteiger partial charge in [0.25, 0.3) is 5.22 Å². The van der Waals surface area contributed by atoms with E-state index < -0.39 is 11.5 Å². The lowest BCUT2D eigenvalue weighted by Crippen LogP contribution is -2.51. The fourth-order valence-electron chi connectivity index (χ4n) is 1.18. The molecule has 2 N–H and O–H groups in total. The van der Waals surface area contributed by atoms with Crippen molar-refractivity contribution in [2.75, 3.05) is 12.3 Å². The number of aliphatic carboxylic acids is 1. The monoisotopic (exact) mass is 244 g/mol. The van der Waals surface area contributed by atoms with Crippen LogP contribution in [-0.2, 0) is 4.79 Å². The first-order chi connectivity index (χ1) is 7.48. The predicted molar refractivity (Wildman–Crippen MR) is 61.7 cm³/mol. The zero-order valence-electron chi connectivity index (χ0n) is 9.61. The Balaban J connectivity index is 2.60. The molecule has 0 aliphatic carbocycles. The van der Waals surface area contributed by atoms with Crippen molar-refractivity contribution in [2.45, 2.75) is 31.5 Å². The number of thioether (sulfide) groups is 1. The molecule has 1 rings (SSSR count). The molecule has 1 heterocycles. The molecule has 5 nitrogen and oxygen atoms in total.